The van der Waals surface area contributed by atoms with Gasteiger partial charge in [0.05, 0.1) is 18.1 Å². The molecule has 0 amide bonds. The molecule has 2 aromatic heterocycles. The highest BCUT2D eigenvalue weighted by Crippen LogP contribution is 2.30. The Hall–Kier alpha value is -3.37. The van der Waals surface area contributed by atoms with Gasteiger partial charge in [-0.05, 0) is 43.2 Å². The first-order valence-corrected chi connectivity index (χ1v) is 9.34. The topological polar surface area (TPSA) is 88.0 Å². The maximum Gasteiger partial charge on any atom is 0.260 e. The highest BCUT2D eigenvalue weighted by atomic mass is 32.1. The molecule has 1 N–H and O–H groups in total. The lowest BCUT2D eigenvalue weighted by molar-refractivity contribution is 0.326. The van der Waals surface area contributed by atoms with Crippen LogP contribution in [-0.4, -0.2) is 23.7 Å². The van der Waals surface area contributed by atoms with E-state index in [0.717, 1.165) is 16.0 Å². The van der Waals surface area contributed by atoms with Crippen molar-refractivity contribution in [3.63, 3.8) is 0 Å². The van der Waals surface area contributed by atoms with Crippen LogP contribution in [0.25, 0.3) is 21.9 Å². The molecule has 0 radical (unpaired) electrons. The second-order valence-corrected chi connectivity index (χ2v) is 7.26. The Kier molecular flexibility index (Phi) is 5.62. The number of fused-ring (bicyclic) bond motifs is 1. The molecule has 1 aromatic carbocycles. The summed E-state index contributed by atoms with van der Waals surface area (Å²) in [4.78, 5) is 21.4. The molecule has 0 fully saturated rings. The summed E-state index contributed by atoms with van der Waals surface area (Å²) in [5.74, 6) is 1.36. The second-order valence-electron chi connectivity index (χ2n) is 6.06. The molecular weight excluding hydrogens is 374 g/mol. The van der Waals surface area contributed by atoms with Crippen molar-refractivity contribution in [3.8, 4) is 17.6 Å². The minimum atomic E-state index is -0.242. The summed E-state index contributed by atoms with van der Waals surface area (Å²) >= 11 is 1.44. The lowest BCUT2D eigenvalue weighted by Crippen LogP contribution is -2.10. The Morgan fingerprint density at radius 3 is 2.86 bits per heavy atom. The predicted molar refractivity (Wildman–Crippen MR) is 112 cm³/mol. The van der Waals surface area contributed by atoms with Gasteiger partial charge in [-0.25, -0.2) is 4.98 Å². The summed E-state index contributed by atoms with van der Waals surface area (Å²) in [6, 6.07) is 7.43. The summed E-state index contributed by atoms with van der Waals surface area (Å²) in [6.45, 7) is 7.83. The molecule has 2 heterocycles. The summed E-state index contributed by atoms with van der Waals surface area (Å²) in [5.41, 5.74) is 1.65. The van der Waals surface area contributed by atoms with Crippen LogP contribution in [0, 0.1) is 25.2 Å². The van der Waals surface area contributed by atoms with E-state index in [1.54, 1.807) is 37.5 Å². The van der Waals surface area contributed by atoms with E-state index in [1.807, 2.05) is 13.8 Å². The number of nitriles is 1. The number of H-pyrrole nitrogens is 1. The standard InChI is InChI=1S/C21H19N3O3S/c1-5-8-27-16-7-6-14(10-17(16)26-4)9-15(11-22)19-23-20(25)18-12(2)13(3)28-21(18)24-19/h5-7,9-10H,1,8H2,2-4H3,(H,23,24,25)/b15-9+. The van der Waals surface area contributed by atoms with Crippen LogP contribution in [-0.2, 0) is 0 Å². The molecule has 0 atom stereocenters. The van der Waals surface area contributed by atoms with Gasteiger partial charge in [-0.1, -0.05) is 18.7 Å². The number of thiophene rings is 1. The third-order valence-corrected chi connectivity index (χ3v) is 5.37. The van der Waals surface area contributed by atoms with Gasteiger partial charge in [-0.3, -0.25) is 4.79 Å². The molecule has 0 saturated carbocycles. The minimum absolute atomic E-state index is 0.242. The molecule has 0 saturated heterocycles. The molecule has 0 aliphatic rings. The summed E-state index contributed by atoms with van der Waals surface area (Å²) in [6.07, 6.45) is 3.30. The first kappa shape index (κ1) is 19.4. The highest BCUT2D eigenvalue weighted by molar-refractivity contribution is 7.18. The summed E-state index contributed by atoms with van der Waals surface area (Å²) < 4.78 is 10.9. The first-order chi connectivity index (χ1) is 13.5. The van der Waals surface area contributed by atoms with E-state index >= 15 is 0 Å². The fourth-order valence-corrected chi connectivity index (χ4v) is 3.77. The largest absolute Gasteiger partial charge is 0.493 e. The van der Waals surface area contributed by atoms with E-state index in [4.69, 9.17) is 9.47 Å². The van der Waals surface area contributed by atoms with Gasteiger partial charge in [-0.15, -0.1) is 11.3 Å². The van der Waals surface area contributed by atoms with Crippen molar-refractivity contribution in [1.29, 1.82) is 5.26 Å². The molecule has 0 spiro atoms. The SMILES string of the molecule is C=CCOc1ccc(/C=C(\C#N)c2nc3sc(C)c(C)c3c(=O)[nH]2)cc1OC. The van der Waals surface area contributed by atoms with Crippen LogP contribution in [0.15, 0.2) is 35.6 Å². The Morgan fingerprint density at radius 2 is 2.18 bits per heavy atom. The molecule has 3 rings (SSSR count). The maximum absolute atomic E-state index is 12.5. The number of hydrogen-bond acceptors (Lipinski definition) is 6. The van der Waals surface area contributed by atoms with Crippen LogP contribution in [0.3, 0.4) is 0 Å². The Morgan fingerprint density at radius 1 is 1.39 bits per heavy atom. The van der Waals surface area contributed by atoms with Gasteiger partial charge in [0.2, 0.25) is 0 Å². The van der Waals surface area contributed by atoms with Crippen molar-refractivity contribution in [2.45, 2.75) is 13.8 Å². The zero-order chi connectivity index (χ0) is 20.3. The van der Waals surface area contributed by atoms with Gasteiger partial charge < -0.3 is 14.5 Å². The van der Waals surface area contributed by atoms with Crippen LogP contribution in [0.1, 0.15) is 21.8 Å². The summed E-state index contributed by atoms with van der Waals surface area (Å²) in [7, 11) is 1.54. The fourth-order valence-electron chi connectivity index (χ4n) is 2.74. The normalized spacial score (nSPS) is 11.3. The predicted octanol–water partition coefficient (Wildman–Crippen LogP) is 4.24. The Bertz CT molecular complexity index is 1180. The van der Waals surface area contributed by atoms with Crippen molar-refractivity contribution in [2.24, 2.45) is 0 Å². The van der Waals surface area contributed by atoms with E-state index in [0.29, 0.717) is 28.3 Å². The molecule has 0 aliphatic carbocycles. The number of nitrogens with zero attached hydrogens (tertiary/aromatic N) is 2. The lowest BCUT2D eigenvalue weighted by atomic mass is 10.1. The van der Waals surface area contributed by atoms with Crippen LogP contribution < -0.4 is 15.0 Å². The maximum atomic E-state index is 12.5. The fraction of sp³-hybridized carbons (Fsp3) is 0.190. The molecule has 142 valence electrons. The lowest BCUT2D eigenvalue weighted by Gasteiger charge is -2.10. The van der Waals surface area contributed by atoms with Gasteiger partial charge in [0.1, 0.15) is 17.5 Å². The molecule has 0 aliphatic heterocycles. The van der Waals surface area contributed by atoms with Crippen molar-refractivity contribution in [1.82, 2.24) is 9.97 Å². The highest BCUT2D eigenvalue weighted by Gasteiger charge is 2.14. The third kappa shape index (κ3) is 3.68. The molecule has 6 nitrogen and oxygen atoms in total. The number of hydrogen-bond donors (Lipinski definition) is 1. The van der Waals surface area contributed by atoms with E-state index in [-0.39, 0.29) is 17.0 Å². The van der Waals surface area contributed by atoms with Gasteiger partial charge in [-0.2, -0.15) is 5.26 Å². The molecule has 7 heteroatoms. The number of aryl methyl sites for hydroxylation is 2. The number of ether oxygens (including phenoxy) is 2. The quantitative estimate of drug-likeness (QED) is 0.500. The van der Waals surface area contributed by atoms with Gasteiger partial charge in [0, 0.05) is 4.88 Å². The number of nitrogens with one attached hydrogen (secondary N) is 1. The van der Waals surface area contributed by atoms with Crippen LogP contribution in [0.4, 0.5) is 0 Å². The summed E-state index contributed by atoms with van der Waals surface area (Å²) in [5, 5.41) is 10.2. The molecule has 0 unspecified atom stereocenters. The van der Waals surface area contributed by atoms with E-state index < -0.39 is 0 Å². The number of aromatic nitrogens is 2. The van der Waals surface area contributed by atoms with E-state index in [2.05, 4.69) is 22.6 Å². The number of rotatable bonds is 6. The van der Waals surface area contributed by atoms with Crippen molar-refractivity contribution in [3.05, 3.63) is 63.0 Å². The first-order valence-electron chi connectivity index (χ1n) is 8.52. The molecule has 0 bridgehead atoms. The number of benzene rings is 1. The average Bonchev–Trinajstić information content (AvgIpc) is 2.98. The molecule has 28 heavy (non-hydrogen) atoms. The van der Waals surface area contributed by atoms with Gasteiger partial charge in [0.15, 0.2) is 17.3 Å². The zero-order valence-corrected chi connectivity index (χ0v) is 16.6. The average molecular weight is 393 g/mol. The number of allylic oxidation sites excluding steroid dienone is 1. The molecule has 3 aromatic rings. The van der Waals surface area contributed by atoms with Crippen molar-refractivity contribution in [2.75, 3.05) is 13.7 Å². The number of methoxy groups -OCH3 is 1. The van der Waals surface area contributed by atoms with E-state index in [9.17, 15) is 10.1 Å². The zero-order valence-electron chi connectivity index (χ0n) is 15.8. The van der Waals surface area contributed by atoms with Crippen LogP contribution in [0.2, 0.25) is 0 Å². The Labute approximate surface area is 166 Å². The second kappa shape index (κ2) is 8.11. The smallest absolute Gasteiger partial charge is 0.260 e. The van der Waals surface area contributed by atoms with Crippen LogP contribution >= 0.6 is 11.3 Å². The number of aromatic amines is 1. The van der Waals surface area contributed by atoms with E-state index in [1.165, 1.54) is 11.3 Å². The monoisotopic (exact) mass is 393 g/mol. The van der Waals surface area contributed by atoms with Gasteiger partial charge in [0.25, 0.3) is 5.56 Å². The minimum Gasteiger partial charge on any atom is -0.493 e. The van der Waals surface area contributed by atoms with Crippen LogP contribution in [0.5, 0.6) is 11.5 Å². The third-order valence-electron chi connectivity index (χ3n) is 4.27. The van der Waals surface area contributed by atoms with Gasteiger partial charge >= 0.3 is 0 Å². The van der Waals surface area contributed by atoms with Crippen molar-refractivity contribution < 1.29 is 9.47 Å². The Balaban J connectivity index is 2.05. The molecular formula is C21H19N3O3S. The van der Waals surface area contributed by atoms with Crippen molar-refractivity contribution >= 4 is 33.2 Å².